The zero-order chi connectivity index (χ0) is 30.2. The third-order valence-corrected chi connectivity index (χ3v) is 6.77. The number of anilines is 1. The molecule has 1 heterocycles. The highest BCUT2D eigenvalue weighted by Gasteiger charge is 2.41. The van der Waals surface area contributed by atoms with Gasteiger partial charge < -0.3 is 9.47 Å². The molecule has 2 amide bonds. The van der Waals surface area contributed by atoms with Crippen LogP contribution in [0, 0.1) is 0 Å². The molecule has 2 aromatic carbocycles. The second-order valence-corrected chi connectivity index (χ2v) is 10.7. The van der Waals surface area contributed by atoms with Crippen LogP contribution in [0.15, 0.2) is 36.4 Å². The van der Waals surface area contributed by atoms with Gasteiger partial charge in [0.2, 0.25) is 0 Å². The van der Waals surface area contributed by atoms with Crippen molar-refractivity contribution in [2.24, 2.45) is 0 Å². The normalized spacial score (nSPS) is 17.8. The number of nitrogens with zero attached hydrogens (tertiary/aromatic N) is 2. The molecule has 2 atom stereocenters. The molecule has 1 aliphatic heterocycles. The zero-order valence-corrected chi connectivity index (χ0v) is 23.0. The summed E-state index contributed by atoms with van der Waals surface area (Å²) in [7, 11) is 1.08. The Morgan fingerprint density at radius 2 is 1.52 bits per heavy atom. The van der Waals surface area contributed by atoms with E-state index in [2.05, 4.69) is 0 Å². The lowest BCUT2D eigenvalue weighted by molar-refractivity contribution is -0.143. The van der Waals surface area contributed by atoms with Gasteiger partial charge in [0, 0.05) is 12.6 Å². The maximum atomic E-state index is 13.5. The molecule has 12 heteroatoms. The molecule has 0 aromatic heterocycles. The van der Waals surface area contributed by atoms with E-state index in [0.717, 1.165) is 17.6 Å². The number of rotatable bonds is 4. The van der Waals surface area contributed by atoms with E-state index in [1.54, 1.807) is 26.0 Å². The molecule has 0 fully saturated rings. The van der Waals surface area contributed by atoms with Gasteiger partial charge in [-0.1, -0.05) is 32.9 Å². The number of hydrogen-bond acceptors (Lipinski definition) is 4. The molecule has 0 aliphatic carbocycles. The smallest absolute Gasteiger partial charge is 0.416 e. The van der Waals surface area contributed by atoms with Gasteiger partial charge in [-0.15, -0.1) is 0 Å². The number of alkyl halides is 6. The number of carbonyl (C=O) groups excluding carboxylic acids is 2. The predicted octanol–water partition coefficient (Wildman–Crippen LogP) is 8.09. The fourth-order valence-electron chi connectivity index (χ4n) is 4.79. The summed E-state index contributed by atoms with van der Waals surface area (Å²) >= 11 is 0. The second-order valence-electron chi connectivity index (χ2n) is 10.7. The molecule has 0 N–H and O–H groups in total. The van der Waals surface area contributed by atoms with E-state index in [1.807, 2.05) is 26.8 Å². The topological polar surface area (TPSA) is 59.1 Å². The van der Waals surface area contributed by atoms with Crippen LogP contribution in [-0.4, -0.2) is 36.8 Å². The minimum atomic E-state index is -5.04. The van der Waals surface area contributed by atoms with Crippen LogP contribution in [0.3, 0.4) is 0 Å². The van der Waals surface area contributed by atoms with Gasteiger partial charge >= 0.3 is 24.5 Å². The number of ether oxygens (including phenoxy) is 2. The third kappa shape index (κ3) is 6.64. The number of hydrogen-bond donors (Lipinski definition) is 0. The maximum Gasteiger partial charge on any atom is 0.416 e. The van der Waals surface area contributed by atoms with Crippen LogP contribution >= 0.6 is 0 Å². The summed E-state index contributed by atoms with van der Waals surface area (Å²) in [6, 6.07) is 5.18. The van der Waals surface area contributed by atoms with Crippen LogP contribution in [0.5, 0.6) is 0 Å². The van der Waals surface area contributed by atoms with Crippen molar-refractivity contribution in [3.63, 3.8) is 0 Å². The van der Waals surface area contributed by atoms with Crippen molar-refractivity contribution in [1.29, 1.82) is 0 Å². The lowest BCUT2D eigenvalue weighted by Crippen LogP contribution is -2.47. The Bertz CT molecular complexity index is 1220. The van der Waals surface area contributed by atoms with Crippen LogP contribution < -0.4 is 4.90 Å². The number of fused-ring (bicyclic) bond motifs is 1. The molecule has 0 bridgehead atoms. The summed E-state index contributed by atoms with van der Waals surface area (Å²) in [4.78, 5) is 28.4. The molecule has 0 saturated carbocycles. The molecule has 220 valence electrons. The van der Waals surface area contributed by atoms with Gasteiger partial charge in [0.05, 0.1) is 36.6 Å². The zero-order valence-electron chi connectivity index (χ0n) is 23.0. The van der Waals surface area contributed by atoms with E-state index in [4.69, 9.17) is 9.47 Å². The SMILES string of the molecule is CCOC(=O)N1c2ccc(C(C)(C)C)cc2C(N(Cc2cc(C(F)(F)F)cc(C(F)(F)F)c2)C(=O)OC)CC1C. The number of amides is 2. The van der Waals surface area contributed by atoms with Crippen molar-refractivity contribution >= 4 is 17.9 Å². The molecule has 2 unspecified atom stereocenters. The summed E-state index contributed by atoms with van der Waals surface area (Å²) in [5.41, 5.74) is -1.93. The highest BCUT2D eigenvalue weighted by Crippen LogP contribution is 2.44. The average Bonchev–Trinajstić information content (AvgIpc) is 2.84. The number of carbonyl (C=O) groups is 2. The van der Waals surface area contributed by atoms with Crippen LogP contribution in [-0.2, 0) is 33.8 Å². The molecule has 6 nitrogen and oxygen atoms in total. The molecule has 0 spiro atoms. The number of methoxy groups -OCH3 is 1. The van der Waals surface area contributed by atoms with Gasteiger partial charge in [-0.2, -0.15) is 26.3 Å². The third-order valence-electron chi connectivity index (χ3n) is 6.77. The first kappa shape index (κ1) is 31.1. The lowest BCUT2D eigenvalue weighted by atomic mass is 9.82. The first-order valence-corrected chi connectivity index (χ1v) is 12.6. The van der Waals surface area contributed by atoms with Crippen molar-refractivity contribution in [2.45, 2.75) is 77.4 Å². The van der Waals surface area contributed by atoms with Gasteiger partial charge in [-0.3, -0.25) is 9.80 Å². The minimum absolute atomic E-state index is 0.0385. The summed E-state index contributed by atoms with van der Waals surface area (Å²) in [5, 5.41) is 0. The Morgan fingerprint density at radius 3 is 2.00 bits per heavy atom. The van der Waals surface area contributed by atoms with Gasteiger partial charge in [-0.25, -0.2) is 9.59 Å². The van der Waals surface area contributed by atoms with Crippen LogP contribution in [0.25, 0.3) is 0 Å². The first-order chi connectivity index (χ1) is 18.4. The quantitative estimate of drug-likeness (QED) is 0.347. The fourth-order valence-corrected chi connectivity index (χ4v) is 4.79. The molecule has 0 radical (unpaired) electrons. The van der Waals surface area contributed by atoms with Crippen LogP contribution in [0.1, 0.15) is 74.9 Å². The monoisotopic (exact) mass is 574 g/mol. The number of halogens is 6. The van der Waals surface area contributed by atoms with Gasteiger partial charge in [0.1, 0.15) is 0 Å². The Balaban J connectivity index is 2.20. The summed E-state index contributed by atoms with van der Waals surface area (Å²) < 4.78 is 91.3. The summed E-state index contributed by atoms with van der Waals surface area (Å²) in [5.74, 6) is 0. The summed E-state index contributed by atoms with van der Waals surface area (Å²) in [6.07, 6.45) is -11.5. The Hall–Kier alpha value is -3.44. The highest BCUT2D eigenvalue weighted by molar-refractivity contribution is 5.90. The van der Waals surface area contributed by atoms with Crippen molar-refractivity contribution < 1.29 is 45.4 Å². The van der Waals surface area contributed by atoms with E-state index in [1.165, 1.54) is 4.90 Å². The van der Waals surface area contributed by atoms with E-state index in [0.29, 0.717) is 23.4 Å². The Labute approximate surface area is 228 Å². The van der Waals surface area contributed by atoms with E-state index in [-0.39, 0.29) is 30.1 Å². The summed E-state index contributed by atoms with van der Waals surface area (Å²) in [6.45, 7) is 8.75. The van der Waals surface area contributed by atoms with Crippen LogP contribution in [0.2, 0.25) is 0 Å². The minimum Gasteiger partial charge on any atom is -0.453 e. The number of benzene rings is 2. The Kier molecular flexibility index (Phi) is 8.71. The molecule has 3 rings (SSSR count). The fraction of sp³-hybridized carbons (Fsp3) is 0.500. The van der Waals surface area contributed by atoms with Crippen molar-refractivity contribution in [3.05, 3.63) is 64.2 Å². The maximum absolute atomic E-state index is 13.5. The Morgan fingerprint density at radius 1 is 0.950 bits per heavy atom. The molecule has 0 saturated heterocycles. The average molecular weight is 575 g/mol. The van der Waals surface area contributed by atoms with E-state index < -0.39 is 54.3 Å². The van der Waals surface area contributed by atoms with Crippen molar-refractivity contribution in [1.82, 2.24) is 4.90 Å². The van der Waals surface area contributed by atoms with Gasteiger partial charge in [0.15, 0.2) is 0 Å². The van der Waals surface area contributed by atoms with Gasteiger partial charge in [-0.05, 0) is 66.6 Å². The second kappa shape index (κ2) is 11.2. The largest absolute Gasteiger partial charge is 0.453 e. The van der Waals surface area contributed by atoms with E-state index in [9.17, 15) is 35.9 Å². The van der Waals surface area contributed by atoms with Crippen molar-refractivity contribution in [3.8, 4) is 0 Å². The first-order valence-electron chi connectivity index (χ1n) is 12.6. The standard InChI is InChI=1S/C28H32F6N2O4/c1-7-40-25(38)36-16(2)10-23(21-14-18(26(3,4)5)8-9-22(21)36)35(24(37)39-6)15-17-11-19(27(29,30)31)13-20(12-17)28(32,33)34/h8-9,11-14,16,23H,7,10,15H2,1-6H3. The van der Waals surface area contributed by atoms with Gasteiger partial charge in [0.25, 0.3) is 0 Å². The predicted molar refractivity (Wildman–Crippen MR) is 136 cm³/mol. The molecular weight excluding hydrogens is 542 g/mol. The van der Waals surface area contributed by atoms with Crippen molar-refractivity contribution in [2.75, 3.05) is 18.6 Å². The highest BCUT2D eigenvalue weighted by atomic mass is 19.4. The lowest BCUT2D eigenvalue weighted by Gasteiger charge is -2.43. The molecule has 1 aliphatic rings. The van der Waals surface area contributed by atoms with Crippen LogP contribution in [0.4, 0.5) is 41.6 Å². The molecule has 40 heavy (non-hydrogen) atoms. The molecular formula is C28H32F6N2O4. The van der Waals surface area contributed by atoms with E-state index >= 15 is 0 Å². The molecule has 2 aromatic rings.